The molecule has 1 aliphatic rings. The van der Waals surface area contributed by atoms with E-state index < -0.39 is 6.10 Å². The molecule has 118 valence electrons. The van der Waals surface area contributed by atoms with Crippen LogP contribution in [0.4, 0.5) is 0 Å². The molecule has 1 aromatic heterocycles. The molecule has 0 amide bonds. The molecule has 2 aromatic rings. The lowest BCUT2D eigenvalue weighted by molar-refractivity contribution is 0.106. The summed E-state index contributed by atoms with van der Waals surface area (Å²) in [5.41, 5.74) is 4.78. The first-order valence-corrected chi connectivity index (χ1v) is 8.02. The molecule has 4 nitrogen and oxygen atoms in total. The van der Waals surface area contributed by atoms with Gasteiger partial charge in [0.1, 0.15) is 0 Å². The van der Waals surface area contributed by atoms with Gasteiger partial charge in [-0.3, -0.25) is 9.58 Å². The monoisotopic (exact) mass is 299 g/mol. The molecular formula is C18H25N3O. The third-order valence-electron chi connectivity index (χ3n) is 4.80. The van der Waals surface area contributed by atoms with Crippen molar-refractivity contribution in [3.8, 4) is 0 Å². The van der Waals surface area contributed by atoms with Gasteiger partial charge in [-0.25, -0.2) is 0 Å². The first-order valence-electron chi connectivity index (χ1n) is 8.02. The van der Waals surface area contributed by atoms with Crippen LogP contribution in [0.1, 0.15) is 47.2 Å². The van der Waals surface area contributed by atoms with E-state index in [4.69, 9.17) is 0 Å². The smallest absolute Gasteiger partial charge is 0.0917 e. The summed E-state index contributed by atoms with van der Waals surface area (Å²) in [6.45, 7) is 5.92. The number of rotatable bonds is 4. The van der Waals surface area contributed by atoms with E-state index in [9.17, 15) is 5.11 Å². The van der Waals surface area contributed by atoms with Gasteiger partial charge < -0.3 is 5.11 Å². The minimum Gasteiger partial charge on any atom is -0.387 e. The zero-order valence-corrected chi connectivity index (χ0v) is 13.7. The maximum atomic E-state index is 10.6. The van der Waals surface area contributed by atoms with Crippen molar-refractivity contribution in [3.05, 3.63) is 52.8 Å². The molecule has 1 aliphatic heterocycles. The highest BCUT2D eigenvalue weighted by molar-refractivity contribution is 5.31. The molecule has 22 heavy (non-hydrogen) atoms. The molecule has 0 aliphatic carbocycles. The maximum Gasteiger partial charge on any atom is 0.0917 e. The molecule has 0 bridgehead atoms. The lowest BCUT2D eigenvalue weighted by atomic mass is 10.0. The number of nitrogens with zero attached hydrogens (tertiary/aromatic N) is 3. The van der Waals surface area contributed by atoms with Gasteiger partial charge in [-0.1, -0.05) is 18.2 Å². The molecule has 2 unspecified atom stereocenters. The van der Waals surface area contributed by atoms with Crippen molar-refractivity contribution in [3.63, 3.8) is 0 Å². The van der Waals surface area contributed by atoms with E-state index in [-0.39, 0.29) is 0 Å². The SMILES string of the molecule is Cc1ccc(C(O)CN2CCCC2c2cnn(C)c2)cc1C. The van der Waals surface area contributed by atoms with E-state index >= 15 is 0 Å². The summed E-state index contributed by atoms with van der Waals surface area (Å²) in [5, 5.41) is 14.9. The van der Waals surface area contributed by atoms with Gasteiger partial charge >= 0.3 is 0 Å². The molecule has 1 N–H and O–H groups in total. The Morgan fingerprint density at radius 1 is 1.32 bits per heavy atom. The largest absolute Gasteiger partial charge is 0.387 e. The number of hydrogen-bond acceptors (Lipinski definition) is 3. The van der Waals surface area contributed by atoms with Gasteiger partial charge in [0.15, 0.2) is 0 Å². The quantitative estimate of drug-likeness (QED) is 0.944. The Balaban J connectivity index is 1.72. The summed E-state index contributed by atoms with van der Waals surface area (Å²) in [5.74, 6) is 0. The molecule has 1 aromatic carbocycles. The van der Waals surface area contributed by atoms with Crippen LogP contribution < -0.4 is 0 Å². The van der Waals surface area contributed by atoms with Crippen LogP contribution in [0.2, 0.25) is 0 Å². The van der Waals surface area contributed by atoms with Gasteiger partial charge in [-0.15, -0.1) is 0 Å². The summed E-state index contributed by atoms with van der Waals surface area (Å²) in [4.78, 5) is 2.39. The molecular weight excluding hydrogens is 274 g/mol. The van der Waals surface area contributed by atoms with Gasteiger partial charge in [0.2, 0.25) is 0 Å². The van der Waals surface area contributed by atoms with Gasteiger partial charge in [0.05, 0.1) is 12.3 Å². The number of benzene rings is 1. The van der Waals surface area contributed by atoms with Crippen LogP contribution in [0.15, 0.2) is 30.6 Å². The summed E-state index contributed by atoms with van der Waals surface area (Å²) >= 11 is 0. The number of hydrogen-bond donors (Lipinski definition) is 1. The van der Waals surface area contributed by atoms with Crippen LogP contribution in [0.3, 0.4) is 0 Å². The van der Waals surface area contributed by atoms with Gasteiger partial charge in [-0.2, -0.15) is 5.10 Å². The summed E-state index contributed by atoms with van der Waals surface area (Å²) in [6, 6.07) is 6.63. The van der Waals surface area contributed by atoms with Crippen LogP contribution in [0.25, 0.3) is 0 Å². The lowest BCUT2D eigenvalue weighted by Crippen LogP contribution is -2.28. The van der Waals surface area contributed by atoms with Gasteiger partial charge in [0, 0.05) is 31.4 Å². The van der Waals surface area contributed by atoms with Gasteiger partial charge in [0.25, 0.3) is 0 Å². The van der Waals surface area contributed by atoms with E-state index in [0.29, 0.717) is 12.6 Å². The number of β-amino-alcohol motifs (C(OH)–C–C–N with tert-alkyl or cyclic N) is 1. The van der Waals surface area contributed by atoms with Crippen LogP contribution in [-0.2, 0) is 7.05 Å². The molecule has 4 heteroatoms. The van der Waals surface area contributed by atoms with Crippen molar-refractivity contribution < 1.29 is 5.11 Å². The first kappa shape index (κ1) is 15.3. The van der Waals surface area contributed by atoms with Crippen molar-refractivity contribution in [1.82, 2.24) is 14.7 Å². The number of aliphatic hydroxyl groups excluding tert-OH is 1. The Kier molecular flexibility index (Phi) is 4.32. The number of aromatic nitrogens is 2. The average Bonchev–Trinajstić information content (AvgIpc) is 3.10. The maximum absolute atomic E-state index is 10.6. The van der Waals surface area contributed by atoms with Crippen LogP contribution in [0.5, 0.6) is 0 Å². The predicted molar refractivity (Wildman–Crippen MR) is 87.6 cm³/mol. The van der Waals surface area contributed by atoms with Gasteiger partial charge in [-0.05, 0) is 49.9 Å². The van der Waals surface area contributed by atoms with Crippen LogP contribution >= 0.6 is 0 Å². The summed E-state index contributed by atoms with van der Waals surface area (Å²) in [7, 11) is 1.95. The fourth-order valence-corrected chi connectivity index (χ4v) is 3.33. The molecule has 0 spiro atoms. The number of likely N-dealkylation sites (tertiary alicyclic amines) is 1. The molecule has 3 rings (SSSR count). The average molecular weight is 299 g/mol. The normalized spacial score (nSPS) is 20.5. The third kappa shape index (κ3) is 3.08. The van der Waals surface area contributed by atoms with Crippen molar-refractivity contribution in [2.45, 2.75) is 38.8 Å². The third-order valence-corrected chi connectivity index (χ3v) is 4.80. The number of aryl methyl sites for hydroxylation is 3. The van der Waals surface area contributed by atoms with E-state index in [0.717, 1.165) is 18.5 Å². The predicted octanol–water partition coefficient (Wildman–Crippen LogP) is 2.91. The Bertz CT molecular complexity index is 650. The number of aliphatic hydroxyl groups is 1. The zero-order chi connectivity index (χ0) is 15.7. The minimum absolute atomic E-state index is 0.384. The first-order chi connectivity index (χ1) is 10.5. The topological polar surface area (TPSA) is 41.3 Å². The Morgan fingerprint density at radius 2 is 2.14 bits per heavy atom. The molecule has 1 saturated heterocycles. The minimum atomic E-state index is -0.434. The highest BCUT2D eigenvalue weighted by Gasteiger charge is 2.28. The van der Waals surface area contributed by atoms with Crippen LogP contribution in [0, 0.1) is 13.8 Å². The van der Waals surface area contributed by atoms with E-state index in [1.165, 1.54) is 23.1 Å². The molecule has 2 heterocycles. The van der Waals surface area contributed by atoms with E-state index in [1.54, 1.807) is 0 Å². The molecule has 0 saturated carbocycles. The van der Waals surface area contributed by atoms with Crippen LogP contribution in [-0.4, -0.2) is 32.9 Å². The fourth-order valence-electron chi connectivity index (χ4n) is 3.33. The second-order valence-electron chi connectivity index (χ2n) is 6.46. The van der Waals surface area contributed by atoms with Crippen molar-refractivity contribution >= 4 is 0 Å². The van der Waals surface area contributed by atoms with E-state index in [1.807, 2.05) is 24.0 Å². The molecule has 2 atom stereocenters. The summed E-state index contributed by atoms with van der Waals surface area (Å²) < 4.78 is 1.85. The second-order valence-corrected chi connectivity index (χ2v) is 6.46. The Labute approximate surface area is 132 Å². The highest BCUT2D eigenvalue weighted by atomic mass is 16.3. The van der Waals surface area contributed by atoms with Crippen molar-refractivity contribution in [2.24, 2.45) is 7.05 Å². The zero-order valence-electron chi connectivity index (χ0n) is 13.7. The lowest BCUT2D eigenvalue weighted by Gasteiger charge is -2.26. The Morgan fingerprint density at radius 3 is 2.82 bits per heavy atom. The highest BCUT2D eigenvalue weighted by Crippen LogP contribution is 2.33. The standard InChI is InChI=1S/C18H25N3O/c1-13-6-7-15(9-14(13)2)18(22)12-21-8-4-5-17(21)16-10-19-20(3)11-16/h6-7,9-11,17-18,22H,4-5,8,12H2,1-3H3. The molecule has 1 fully saturated rings. The van der Waals surface area contributed by atoms with Crippen molar-refractivity contribution in [1.29, 1.82) is 0 Å². The Hall–Kier alpha value is -1.65. The van der Waals surface area contributed by atoms with E-state index in [2.05, 4.69) is 42.2 Å². The fraction of sp³-hybridized carbons (Fsp3) is 0.500. The van der Waals surface area contributed by atoms with Crippen molar-refractivity contribution in [2.75, 3.05) is 13.1 Å². The molecule has 0 radical (unpaired) electrons. The summed E-state index contributed by atoms with van der Waals surface area (Å²) in [6.07, 6.45) is 5.93. The second kappa shape index (κ2) is 6.23.